The van der Waals surface area contributed by atoms with Crippen molar-refractivity contribution in [2.24, 2.45) is 0 Å². The lowest BCUT2D eigenvalue weighted by Crippen LogP contribution is -2.11. The molecule has 1 unspecified atom stereocenters. The Balaban J connectivity index is 2.41. The molecule has 1 heterocycles. The van der Waals surface area contributed by atoms with Gasteiger partial charge in [0, 0.05) is 11.8 Å². The van der Waals surface area contributed by atoms with Crippen LogP contribution in [0.4, 0.5) is 0 Å². The number of hydrogen-bond acceptors (Lipinski definition) is 3. The van der Waals surface area contributed by atoms with Crippen LogP contribution in [-0.4, -0.2) is 11.1 Å². The van der Waals surface area contributed by atoms with Gasteiger partial charge >= 0.3 is 0 Å². The monoisotopic (exact) mass is 313 g/mol. The Morgan fingerprint density at radius 1 is 1.00 bits per heavy atom. The van der Waals surface area contributed by atoms with E-state index in [0.29, 0.717) is 5.88 Å². The first-order valence-electron chi connectivity index (χ1n) is 8.22. The molecule has 124 valence electrons. The Morgan fingerprint density at radius 2 is 1.61 bits per heavy atom. The van der Waals surface area contributed by atoms with Crippen LogP contribution in [0.25, 0.3) is 0 Å². The summed E-state index contributed by atoms with van der Waals surface area (Å²) in [5.74, 6) is 2.36. The average Bonchev–Trinajstić information content (AvgIpc) is 2.46. The lowest BCUT2D eigenvalue weighted by molar-refractivity contribution is 0.214. The third-order valence-corrected chi connectivity index (χ3v) is 4.01. The zero-order chi connectivity index (χ0) is 17.1. The van der Waals surface area contributed by atoms with Crippen LogP contribution in [0.5, 0.6) is 17.4 Å². The zero-order valence-corrected chi connectivity index (χ0v) is 15.3. The van der Waals surface area contributed by atoms with Crippen molar-refractivity contribution < 1.29 is 9.47 Å². The summed E-state index contributed by atoms with van der Waals surface area (Å²) in [5.41, 5.74) is 5.31. The second-order valence-corrected chi connectivity index (χ2v) is 6.36. The number of benzene rings is 1. The molecule has 1 atom stereocenters. The van der Waals surface area contributed by atoms with Crippen LogP contribution in [0, 0.1) is 34.6 Å². The highest BCUT2D eigenvalue weighted by atomic mass is 16.5. The van der Waals surface area contributed by atoms with E-state index in [-0.39, 0.29) is 6.10 Å². The highest BCUT2D eigenvalue weighted by Crippen LogP contribution is 2.34. The topological polar surface area (TPSA) is 31.4 Å². The first kappa shape index (κ1) is 17.3. The van der Waals surface area contributed by atoms with Crippen molar-refractivity contribution in [1.29, 1.82) is 0 Å². The third-order valence-electron chi connectivity index (χ3n) is 4.01. The maximum Gasteiger partial charge on any atom is 0.226 e. The van der Waals surface area contributed by atoms with Gasteiger partial charge in [0.2, 0.25) is 5.88 Å². The molecule has 1 aromatic heterocycles. The number of nitrogens with zero attached hydrogens (tertiary/aromatic N) is 1. The Bertz CT molecular complexity index is 684. The number of rotatable bonds is 5. The van der Waals surface area contributed by atoms with Crippen LogP contribution < -0.4 is 9.47 Å². The summed E-state index contributed by atoms with van der Waals surface area (Å²) in [7, 11) is 0. The minimum Gasteiger partial charge on any atom is -0.490 e. The maximum atomic E-state index is 6.17. The standard InChI is InChI=1S/C20H27NO2/c1-8-16(6)22-18-11-15(5)21-20(17(18)7)23-19-13(3)9-12(2)10-14(19)4/h9-11,16H,8H2,1-7H3. The van der Waals surface area contributed by atoms with Gasteiger partial charge in [-0.3, -0.25) is 0 Å². The van der Waals surface area contributed by atoms with Gasteiger partial charge in [0.1, 0.15) is 11.5 Å². The van der Waals surface area contributed by atoms with Crippen molar-refractivity contribution in [3.05, 3.63) is 46.1 Å². The molecule has 0 fully saturated rings. The van der Waals surface area contributed by atoms with Gasteiger partial charge in [-0.15, -0.1) is 0 Å². The van der Waals surface area contributed by atoms with Crippen molar-refractivity contribution in [2.45, 2.75) is 61.0 Å². The molecule has 0 N–H and O–H groups in total. The van der Waals surface area contributed by atoms with E-state index in [1.165, 1.54) is 5.56 Å². The Morgan fingerprint density at radius 3 is 2.17 bits per heavy atom. The molecule has 2 rings (SSSR count). The summed E-state index contributed by atoms with van der Waals surface area (Å²) in [6.45, 7) is 14.4. The molecule has 2 aromatic rings. The van der Waals surface area contributed by atoms with E-state index in [0.717, 1.165) is 40.3 Å². The van der Waals surface area contributed by atoms with Crippen LogP contribution >= 0.6 is 0 Å². The largest absolute Gasteiger partial charge is 0.490 e. The SMILES string of the molecule is CCC(C)Oc1cc(C)nc(Oc2c(C)cc(C)cc2C)c1C. The van der Waals surface area contributed by atoms with Crippen LogP contribution in [0.2, 0.25) is 0 Å². The van der Waals surface area contributed by atoms with Gasteiger partial charge in [0.05, 0.1) is 11.7 Å². The lowest BCUT2D eigenvalue weighted by Gasteiger charge is -2.18. The van der Waals surface area contributed by atoms with E-state index in [9.17, 15) is 0 Å². The molecule has 3 nitrogen and oxygen atoms in total. The van der Waals surface area contributed by atoms with Gasteiger partial charge in [-0.2, -0.15) is 0 Å². The average molecular weight is 313 g/mol. The zero-order valence-electron chi connectivity index (χ0n) is 15.3. The summed E-state index contributed by atoms with van der Waals surface area (Å²) >= 11 is 0. The molecule has 0 aliphatic heterocycles. The molecule has 0 spiro atoms. The van der Waals surface area contributed by atoms with Gasteiger partial charge in [-0.05, 0) is 59.1 Å². The van der Waals surface area contributed by atoms with Crippen molar-refractivity contribution in [3.8, 4) is 17.4 Å². The van der Waals surface area contributed by atoms with Crippen molar-refractivity contribution in [1.82, 2.24) is 4.98 Å². The van der Waals surface area contributed by atoms with Crippen LogP contribution in [0.3, 0.4) is 0 Å². The predicted molar refractivity (Wildman–Crippen MR) is 94.8 cm³/mol. The molecule has 23 heavy (non-hydrogen) atoms. The Hall–Kier alpha value is -2.03. The summed E-state index contributed by atoms with van der Waals surface area (Å²) in [6.07, 6.45) is 1.14. The van der Waals surface area contributed by atoms with Crippen LogP contribution in [0.1, 0.15) is 48.2 Å². The second-order valence-electron chi connectivity index (χ2n) is 6.36. The van der Waals surface area contributed by atoms with E-state index in [4.69, 9.17) is 9.47 Å². The maximum absolute atomic E-state index is 6.17. The molecule has 0 aliphatic carbocycles. The molecule has 0 bridgehead atoms. The highest BCUT2D eigenvalue weighted by molar-refractivity contribution is 5.48. The number of aromatic nitrogens is 1. The fourth-order valence-corrected chi connectivity index (χ4v) is 2.63. The number of ether oxygens (including phenoxy) is 2. The van der Waals surface area contributed by atoms with Crippen molar-refractivity contribution in [2.75, 3.05) is 0 Å². The molecule has 0 aliphatic rings. The number of hydrogen-bond donors (Lipinski definition) is 0. The Kier molecular flexibility index (Phi) is 5.30. The summed E-state index contributed by atoms with van der Waals surface area (Å²) < 4.78 is 12.2. The third kappa shape index (κ3) is 4.04. The van der Waals surface area contributed by atoms with Gasteiger partial charge in [0.15, 0.2) is 0 Å². The van der Waals surface area contributed by atoms with Crippen LogP contribution in [0.15, 0.2) is 18.2 Å². The number of pyridine rings is 1. The molecule has 3 heteroatoms. The molecular weight excluding hydrogens is 286 g/mol. The summed E-state index contributed by atoms with van der Waals surface area (Å²) in [5, 5.41) is 0. The molecule has 1 aromatic carbocycles. The lowest BCUT2D eigenvalue weighted by atomic mass is 10.1. The molecular formula is C20H27NO2. The normalized spacial score (nSPS) is 12.1. The van der Waals surface area contributed by atoms with Gasteiger partial charge in [0.25, 0.3) is 0 Å². The Labute approximate surface area is 139 Å². The first-order chi connectivity index (χ1) is 10.8. The van der Waals surface area contributed by atoms with Crippen molar-refractivity contribution in [3.63, 3.8) is 0 Å². The predicted octanol–water partition coefficient (Wildman–Crippen LogP) is 5.59. The van der Waals surface area contributed by atoms with Gasteiger partial charge in [-0.25, -0.2) is 4.98 Å². The van der Waals surface area contributed by atoms with E-state index in [1.807, 2.05) is 19.9 Å². The summed E-state index contributed by atoms with van der Waals surface area (Å²) in [4.78, 5) is 4.56. The van der Waals surface area contributed by atoms with E-state index in [1.54, 1.807) is 0 Å². The minimum atomic E-state index is 0.172. The summed E-state index contributed by atoms with van der Waals surface area (Å²) in [6, 6.07) is 6.23. The molecule has 0 saturated heterocycles. The molecule has 0 radical (unpaired) electrons. The second kappa shape index (κ2) is 7.03. The minimum absolute atomic E-state index is 0.172. The van der Waals surface area contributed by atoms with Gasteiger partial charge < -0.3 is 9.47 Å². The van der Waals surface area contributed by atoms with Crippen molar-refractivity contribution >= 4 is 0 Å². The van der Waals surface area contributed by atoms with Crippen LogP contribution in [-0.2, 0) is 0 Å². The number of aryl methyl sites for hydroxylation is 4. The quantitative estimate of drug-likeness (QED) is 0.720. The highest BCUT2D eigenvalue weighted by Gasteiger charge is 2.15. The smallest absolute Gasteiger partial charge is 0.226 e. The first-order valence-corrected chi connectivity index (χ1v) is 8.22. The molecule has 0 saturated carbocycles. The van der Waals surface area contributed by atoms with Gasteiger partial charge in [-0.1, -0.05) is 24.6 Å². The van der Waals surface area contributed by atoms with E-state index < -0.39 is 0 Å². The fraction of sp³-hybridized carbons (Fsp3) is 0.450. The molecule has 0 amide bonds. The van der Waals surface area contributed by atoms with E-state index in [2.05, 4.69) is 51.7 Å². The fourth-order valence-electron chi connectivity index (χ4n) is 2.63. The van der Waals surface area contributed by atoms with E-state index >= 15 is 0 Å².